The molecule has 0 aliphatic heterocycles. The van der Waals surface area contributed by atoms with Crippen molar-refractivity contribution in [3.05, 3.63) is 6.92 Å². The van der Waals surface area contributed by atoms with Crippen LogP contribution in [0.1, 0.15) is 39.0 Å². The molecule has 0 saturated carbocycles. The van der Waals surface area contributed by atoms with Crippen LogP contribution in [-0.4, -0.2) is 16.0 Å². The van der Waals surface area contributed by atoms with E-state index in [1.807, 2.05) is 0 Å². The van der Waals surface area contributed by atoms with Crippen LogP contribution in [0.15, 0.2) is 0 Å². The Labute approximate surface area is 98.7 Å². The van der Waals surface area contributed by atoms with Crippen LogP contribution < -0.4 is 0 Å². The maximum absolute atomic E-state index is 3.44. The van der Waals surface area contributed by atoms with Gasteiger partial charge in [-0.3, -0.25) is 25.8 Å². The highest BCUT2D eigenvalue weighted by molar-refractivity contribution is 9.47. The van der Waals surface area contributed by atoms with Crippen LogP contribution in [0.4, 0.5) is 0 Å². The molecule has 0 unspecified atom stereocenters. The molecule has 0 atom stereocenters. The van der Waals surface area contributed by atoms with Crippen LogP contribution >= 0.6 is 25.8 Å². The summed E-state index contributed by atoms with van der Waals surface area (Å²) in [4.78, 5) is 0. The Morgan fingerprint density at radius 2 is 1.83 bits per heavy atom. The summed E-state index contributed by atoms with van der Waals surface area (Å²) < 4.78 is 0. The smallest absolute Gasteiger partial charge is 0.280 e. The Morgan fingerprint density at radius 1 is 1.25 bits per heavy atom. The lowest BCUT2D eigenvalue weighted by atomic mass is 10.2. The largest absolute Gasteiger partial charge is 0.560 e. The minimum Gasteiger partial charge on any atom is -0.280 e. The molecular weight excluding hydrogens is 292 g/mol. The second-order valence-corrected chi connectivity index (χ2v) is 10.3. The van der Waals surface area contributed by atoms with E-state index in [1.54, 1.807) is 0 Å². The summed E-state index contributed by atoms with van der Waals surface area (Å²) in [7, 11) is 0. The molecule has 0 aromatic carbocycles. The standard InChI is InChI=1S/C9H15.2BrH.Mg/c1-3-5-7-9-8-6-4-2;;;/h1,4,6-9H2,2H3;2*1H;/q;;;+2/p-2. The third-order valence-electron chi connectivity index (χ3n) is 1.28. The molecule has 0 heterocycles. The molecule has 12 heavy (non-hydrogen) atoms. The minimum absolute atomic E-state index is 0.0417. The van der Waals surface area contributed by atoms with Crippen molar-refractivity contribution in [1.29, 1.82) is 0 Å². The van der Waals surface area contributed by atoms with Crippen molar-refractivity contribution in [3.63, 3.8) is 0 Å². The van der Waals surface area contributed by atoms with Gasteiger partial charge in [0.05, 0.1) is 0 Å². The van der Waals surface area contributed by atoms with E-state index in [1.165, 1.54) is 25.7 Å². The first-order chi connectivity index (χ1) is 5.83. The van der Waals surface area contributed by atoms with Crippen molar-refractivity contribution in [3.8, 4) is 11.8 Å². The highest BCUT2D eigenvalue weighted by Crippen LogP contribution is 2.00. The molecule has 0 aliphatic carbocycles. The molecule has 0 N–H and O–H groups in total. The van der Waals surface area contributed by atoms with Crippen molar-refractivity contribution >= 4 is 41.8 Å². The molecular formula is C9H15Br2Mg. The third-order valence-corrected chi connectivity index (χ3v) is 1.28. The van der Waals surface area contributed by atoms with Crippen molar-refractivity contribution in [2.75, 3.05) is 0 Å². The van der Waals surface area contributed by atoms with E-state index in [2.05, 4.69) is 51.5 Å². The molecule has 0 rings (SSSR count). The van der Waals surface area contributed by atoms with E-state index in [9.17, 15) is 0 Å². The molecule has 0 aromatic heterocycles. The van der Waals surface area contributed by atoms with Crippen LogP contribution in [-0.2, 0) is 0 Å². The minimum atomic E-state index is 0.0417. The lowest BCUT2D eigenvalue weighted by molar-refractivity contribution is 0.679. The van der Waals surface area contributed by atoms with Gasteiger partial charge in [0.15, 0.2) is 0 Å². The fourth-order valence-corrected chi connectivity index (χ4v) is 0.729. The zero-order valence-electron chi connectivity index (χ0n) is 7.71. The van der Waals surface area contributed by atoms with Crippen molar-refractivity contribution in [2.45, 2.75) is 39.0 Å². The molecule has 0 amide bonds. The van der Waals surface area contributed by atoms with Crippen LogP contribution in [0, 0.1) is 18.8 Å². The van der Waals surface area contributed by atoms with E-state index in [0.717, 1.165) is 6.42 Å². The van der Waals surface area contributed by atoms with Gasteiger partial charge in [0, 0.05) is 13.3 Å². The van der Waals surface area contributed by atoms with E-state index < -0.39 is 0 Å². The summed E-state index contributed by atoms with van der Waals surface area (Å²) in [6.07, 6.45) is 6.25. The second kappa shape index (κ2) is 18.1. The predicted molar refractivity (Wildman–Crippen MR) is 65.5 cm³/mol. The molecule has 0 spiro atoms. The van der Waals surface area contributed by atoms with Gasteiger partial charge in [-0.05, 0) is 6.42 Å². The Kier molecular flexibility index (Phi) is 23.8. The van der Waals surface area contributed by atoms with E-state index in [4.69, 9.17) is 0 Å². The van der Waals surface area contributed by atoms with E-state index in [-0.39, 0.29) is 16.0 Å². The normalized spacial score (nSPS) is 7.00. The molecule has 1 radical (unpaired) electrons. The van der Waals surface area contributed by atoms with Crippen LogP contribution in [0.3, 0.4) is 0 Å². The maximum atomic E-state index is 3.44. The van der Waals surface area contributed by atoms with Gasteiger partial charge in [-0.15, -0.1) is 11.8 Å². The van der Waals surface area contributed by atoms with E-state index >= 15 is 0 Å². The maximum Gasteiger partial charge on any atom is 0.560 e. The first kappa shape index (κ1) is 15.7. The highest BCUT2D eigenvalue weighted by atomic mass is 79.9. The summed E-state index contributed by atoms with van der Waals surface area (Å²) in [6.45, 7) is 5.66. The van der Waals surface area contributed by atoms with Gasteiger partial charge < -0.3 is 0 Å². The Morgan fingerprint density at radius 3 is 2.25 bits per heavy atom. The van der Waals surface area contributed by atoms with E-state index in [0.29, 0.717) is 0 Å². The quantitative estimate of drug-likeness (QED) is 0.417. The monoisotopic (exact) mass is 305 g/mol. The molecule has 0 bridgehead atoms. The van der Waals surface area contributed by atoms with Crippen molar-refractivity contribution < 1.29 is 0 Å². The number of unbranched alkanes of at least 4 members (excludes halogenated alkanes) is 4. The molecule has 67 valence electrons. The van der Waals surface area contributed by atoms with Gasteiger partial charge in [0.1, 0.15) is 0 Å². The fraction of sp³-hybridized carbons (Fsp3) is 0.667. The molecule has 0 aromatic rings. The summed E-state index contributed by atoms with van der Waals surface area (Å²) in [5.41, 5.74) is 0. The van der Waals surface area contributed by atoms with Crippen LogP contribution in [0.5, 0.6) is 0 Å². The summed E-state index contributed by atoms with van der Waals surface area (Å²) in [5.74, 6) is 5.59. The summed E-state index contributed by atoms with van der Waals surface area (Å²) >= 11 is 6.44. The molecule has 0 fully saturated rings. The lowest BCUT2D eigenvalue weighted by Crippen LogP contribution is -1.73. The second-order valence-electron chi connectivity index (χ2n) is 2.27. The van der Waals surface area contributed by atoms with Gasteiger partial charge in [0.25, 0.3) is 0 Å². The Balaban J connectivity index is 0. The van der Waals surface area contributed by atoms with Gasteiger partial charge in [0.2, 0.25) is 0 Å². The topological polar surface area (TPSA) is 0 Å². The molecule has 3 heteroatoms. The summed E-state index contributed by atoms with van der Waals surface area (Å²) in [6, 6.07) is 0. The number of halogens is 2. The molecule has 0 aliphatic rings. The predicted octanol–water partition coefficient (Wildman–Crippen LogP) is 4.10. The molecule has 0 saturated heterocycles. The third kappa shape index (κ3) is 22.5. The van der Waals surface area contributed by atoms with Crippen LogP contribution in [0.25, 0.3) is 0 Å². The highest BCUT2D eigenvalue weighted by Gasteiger charge is 1.82. The van der Waals surface area contributed by atoms with Gasteiger partial charge in [-0.1, -0.05) is 26.2 Å². The lowest BCUT2D eigenvalue weighted by Gasteiger charge is -1.90. The average Bonchev–Trinajstić information content (AvgIpc) is 2.06. The summed E-state index contributed by atoms with van der Waals surface area (Å²) in [5, 5.41) is 0. The van der Waals surface area contributed by atoms with Crippen LogP contribution in [0.2, 0.25) is 0 Å². The Bertz CT molecular complexity index is 115. The zero-order valence-corrected chi connectivity index (χ0v) is 12.3. The number of hydrogen-bond donors (Lipinski definition) is 0. The van der Waals surface area contributed by atoms with Crippen molar-refractivity contribution in [1.82, 2.24) is 0 Å². The average molecular weight is 307 g/mol. The fourth-order valence-electron chi connectivity index (χ4n) is 0.729. The number of rotatable bonds is 4. The first-order valence-corrected chi connectivity index (χ1v) is 12.0. The first-order valence-electron chi connectivity index (χ1n) is 4.20. The number of hydrogen-bond acceptors (Lipinski definition) is 0. The van der Waals surface area contributed by atoms with Gasteiger partial charge >= 0.3 is 16.0 Å². The van der Waals surface area contributed by atoms with Crippen molar-refractivity contribution in [2.24, 2.45) is 0 Å². The molecule has 0 nitrogen and oxygen atoms in total. The zero-order chi connectivity index (χ0) is 9.66. The van der Waals surface area contributed by atoms with Gasteiger partial charge in [-0.2, -0.15) is 0 Å². The Hall–Kier alpha value is 1.29. The SMILES string of the molecule is [Br][Mg][Br].[CH2]C#CCCCCCC. The van der Waals surface area contributed by atoms with Gasteiger partial charge in [-0.25, -0.2) is 0 Å².